The van der Waals surface area contributed by atoms with Crippen molar-refractivity contribution in [2.45, 2.75) is 0 Å². The smallest absolute Gasteiger partial charge is 0.239 e. The monoisotopic (exact) mass is 246 g/mol. The summed E-state index contributed by atoms with van der Waals surface area (Å²) in [6, 6.07) is 0. The molecule has 0 aliphatic carbocycles. The maximum absolute atomic E-state index is 11.2. The van der Waals surface area contributed by atoms with E-state index in [2.05, 4.69) is 15.3 Å². The number of carbonyl (C=O) groups is 1. The van der Waals surface area contributed by atoms with E-state index in [1.54, 1.807) is 4.90 Å². The Labute approximate surface area is 96.4 Å². The zero-order chi connectivity index (χ0) is 10.8. The van der Waals surface area contributed by atoms with Gasteiger partial charge < -0.3 is 10.2 Å². The number of rotatable bonds is 1. The fourth-order valence-corrected chi connectivity index (χ4v) is 1.72. The second-order valence-electron chi connectivity index (χ2n) is 3.08. The van der Waals surface area contributed by atoms with E-state index in [-0.39, 0.29) is 17.7 Å². The molecule has 1 aliphatic rings. The Balaban J connectivity index is 2.27. The second-order valence-corrected chi connectivity index (χ2v) is 3.83. The Morgan fingerprint density at radius 2 is 2.27 bits per heavy atom. The Kier molecular flexibility index (Phi) is 2.93. The van der Waals surface area contributed by atoms with Crippen LogP contribution >= 0.6 is 23.2 Å². The lowest BCUT2D eigenvalue weighted by molar-refractivity contribution is -0.120. The number of hydrogen-bond acceptors (Lipinski definition) is 4. The number of carbonyl (C=O) groups excluding carboxylic acids is 1. The third-order valence-electron chi connectivity index (χ3n) is 2.03. The van der Waals surface area contributed by atoms with Gasteiger partial charge in [-0.1, -0.05) is 11.6 Å². The minimum atomic E-state index is -0.0490. The predicted molar refractivity (Wildman–Crippen MR) is 57.3 cm³/mol. The van der Waals surface area contributed by atoms with Crippen LogP contribution in [0.2, 0.25) is 10.3 Å². The van der Waals surface area contributed by atoms with E-state index in [1.165, 1.54) is 6.20 Å². The Hall–Kier alpha value is -1.07. The molecule has 1 amide bonds. The van der Waals surface area contributed by atoms with Crippen LogP contribution in [-0.4, -0.2) is 35.5 Å². The molecule has 0 atom stereocenters. The molecule has 2 rings (SSSR count). The van der Waals surface area contributed by atoms with E-state index < -0.39 is 0 Å². The van der Waals surface area contributed by atoms with Gasteiger partial charge in [0.25, 0.3) is 0 Å². The minimum absolute atomic E-state index is 0.0490. The average molecular weight is 247 g/mol. The summed E-state index contributed by atoms with van der Waals surface area (Å²) in [6.45, 7) is 1.49. The highest BCUT2D eigenvalue weighted by atomic mass is 35.5. The van der Waals surface area contributed by atoms with Crippen LogP contribution in [0.25, 0.3) is 0 Å². The zero-order valence-corrected chi connectivity index (χ0v) is 9.22. The SMILES string of the molecule is O=C1CN(c2nc(Cl)ncc2Cl)CCN1. The summed E-state index contributed by atoms with van der Waals surface area (Å²) in [6.07, 6.45) is 1.43. The van der Waals surface area contributed by atoms with Crippen molar-refractivity contribution in [1.82, 2.24) is 15.3 Å². The number of aromatic nitrogens is 2. The van der Waals surface area contributed by atoms with E-state index in [1.807, 2.05) is 0 Å². The van der Waals surface area contributed by atoms with Gasteiger partial charge in [0, 0.05) is 13.1 Å². The van der Waals surface area contributed by atoms with Gasteiger partial charge in [0.15, 0.2) is 5.82 Å². The van der Waals surface area contributed by atoms with E-state index in [0.29, 0.717) is 23.9 Å². The Morgan fingerprint density at radius 3 is 3.00 bits per heavy atom. The van der Waals surface area contributed by atoms with Gasteiger partial charge >= 0.3 is 0 Å². The maximum atomic E-state index is 11.2. The molecule has 2 heterocycles. The van der Waals surface area contributed by atoms with Crippen molar-refractivity contribution in [3.63, 3.8) is 0 Å². The number of hydrogen-bond donors (Lipinski definition) is 1. The molecular formula is C8H8Cl2N4O. The molecule has 15 heavy (non-hydrogen) atoms. The normalized spacial score (nSPS) is 16.4. The van der Waals surface area contributed by atoms with Crippen LogP contribution in [0.4, 0.5) is 5.82 Å². The summed E-state index contributed by atoms with van der Waals surface area (Å²) in [7, 11) is 0. The first-order valence-corrected chi connectivity index (χ1v) is 5.12. The molecule has 1 saturated heterocycles. The molecule has 0 saturated carbocycles. The van der Waals surface area contributed by atoms with Gasteiger partial charge in [0.05, 0.1) is 12.7 Å². The maximum Gasteiger partial charge on any atom is 0.239 e. The summed E-state index contributed by atoms with van der Waals surface area (Å²) in [5, 5.41) is 3.24. The van der Waals surface area contributed by atoms with E-state index in [0.717, 1.165) is 0 Å². The standard InChI is InChI=1S/C8H8Cl2N4O/c9-5-3-12-8(10)13-7(5)14-2-1-11-6(15)4-14/h3H,1-2,4H2,(H,11,15). The van der Waals surface area contributed by atoms with E-state index in [9.17, 15) is 4.79 Å². The molecule has 1 aromatic rings. The van der Waals surface area contributed by atoms with Crippen molar-refractivity contribution >= 4 is 34.9 Å². The second kappa shape index (κ2) is 4.20. The molecule has 1 aromatic heterocycles. The summed E-state index contributed by atoms with van der Waals surface area (Å²) in [5.74, 6) is 0.457. The zero-order valence-electron chi connectivity index (χ0n) is 7.70. The summed E-state index contributed by atoms with van der Waals surface area (Å²) >= 11 is 11.6. The molecule has 0 aromatic carbocycles. The Morgan fingerprint density at radius 1 is 1.47 bits per heavy atom. The highest BCUT2D eigenvalue weighted by molar-refractivity contribution is 6.33. The number of nitrogens with one attached hydrogen (secondary N) is 1. The lowest BCUT2D eigenvalue weighted by Gasteiger charge is -2.27. The molecule has 0 radical (unpaired) electrons. The molecule has 80 valence electrons. The number of amides is 1. The van der Waals surface area contributed by atoms with Crippen LogP contribution in [0.3, 0.4) is 0 Å². The third kappa shape index (κ3) is 2.30. The first kappa shape index (κ1) is 10.4. The van der Waals surface area contributed by atoms with Crippen molar-refractivity contribution in [2.75, 3.05) is 24.5 Å². The van der Waals surface area contributed by atoms with Crippen LogP contribution in [0.15, 0.2) is 6.20 Å². The number of halogens is 2. The number of anilines is 1. The van der Waals surface area contributed by atoms with Crippen LogP contribution in [0.1, 0.15) is 0 Å². The first-order valence-electron chi connectivity index (χ1n) is 4.36. The van der Waals surface area contributed by atoms with Gasteiger partial charge in [-0.15, -0.1) is 0 Å². The van der Waals surface area contributed by atoms with E-state index in [4.69, 9.17) is 23.2 Å². The molecule has 0 unspecified atom stereocenters. The largest absolute Gasteiger partial charge is 0.353 e. The molecule has 1 fully saturated rings. The van der Waals surface area contributed by atoms with Gasteiger partial charge in [-0.25, -0.2) is 4.98 Å². The molecule has 7 heteroatoms. The highest BCUT2D eigenvalue weighted by Gasteiger charge is 2.20. The molecule has 1 N–H and O–H groups in total. The fraction of sp³-hybridized carbons (Fsp3) is 0.375. The number of nitrogens with zero attached hydrogens (tertiary/aromatic N) is 3. The van der Waals surface area contributed by atoms with Gasteiger partial charge in [0.1, 0.15) is 5.02 Å². The number of piperazine rings is 1. The minimum Gasteiger partial charge on any atom is -0.353 e. The topological polar surface area (TPSA) is 58.1 Å². The van der Waals surface area contributed by atoms with Gasteiger partial charge in [-0.05, 0) is 11.6 Å². The first-order chi connectivity index (χ1) is 7.16. The van der Waals surface area contributed by atoms with Crippen LogP contribution in [-0.2, 0) is 4.79 Å². The molecule has 0 bridgehead atoms. The van der Waals surface area contributed by atoms with Crippen LogP contribution < -0.4 is 10.2 Å². The molecule has 0 spiro atoms. The van der Waals surface area contributed by atoms with Crippen molar-refractivity contribution in [3.8, 4) is 0 Å². The summed E-state index contributed by atoms with van der Waals surface area (Å²) in [4.78, 5) is 20.7. The van der Waals surface area contributed by atoms with Crippen molar-refractivity contribution in [2.24, 2.45) is 0 Å². The lowest BCUT2D eigenvalue weighted by Crippen LogP contribution is -2.48. The molecule has 5 nitrogen and oxygen atoms in total. The molecule has 1 aliphatic heterocycles. The summed E-state index contributed by atoms with van der Waals surface area (Å²) in [5.41, 5.74) is 0. The van der Waals surface area contributed by atoms with Crippen molar-refractivity contribution in [3.05, 3.63) is 16.5 Å². The predicted octanol–water partition coefficient (Wildman–Crippen LogP) is 0.720. The lowest BCUT2D eigenvalue weighted by atomic mass is 10.3. The molecular weight excluding hydrogens is 239 g/mol. The summed E-state index contributed by atoms with van der Waals surface area (Å²) < 4.78 is 0. The van der Waals surface area contributed by atoms with Gasteiger partial charge in [0.2, 0.25) is 11.2 Å². The van der Waals surface area contributed by atoms with Crippen LogP contribution in [0.5, 0.6) is 0 Å². The van der Waals surface area contributed by atoms with Crippen molar-refractivity contribution in [1.29, 1.82) is 0 Å². The quantitative estimate of drug-likeness (QED) is 0.743. The van der Waals surface area contributed by atoms with E-state index >= 15 is 0 Å². The van der Waals surface area contributed by atoms with Crippen molar-refractivity contribution < 1.29 is 4.79 Å². The highest BCUT2D eigenvalue weighted by Crippen LogP contribution is 2.23. The van der Waals surface area contributed by atoms with Crippen LogP contribution in [0, 0.1) is 0 Å². The Bertz CT molecular complexity index is 398. The third-order valence-corrected chi connectivity index (χ3v) is 2.48. The fourth-order valence-electron chi connectivity index (χ4n) is 1.38. The average Bonchev–Trinajstić information content (AvgIpc) is 2.22. The van der Waals surface area contributed by atoms with Gasteiger partial charge in [-0.2, -0.15) is 4.98 Å². The van der Waals surface area contributed by atoms with Gasteiger partial charge in [-0.3, -0.25) is 4.79 Å².